The number of para-hydroxylation sites is 2. The number of rotatable bonds is 6. The summed E-state index contributed by atoms with van der Waals surface area (Å²) in [6, 6.07) is 44.8. The number of hydrogen-bond donors (Lipinski definition) is 0. The van der Waals surface area contributed by atoms with Crippen molar-refractivity contribution in [2.75, 3.05) is 9.80 Å². The maximum atomic E-state index is 7.42. The first-order valence-electron chi connectivity index (χ1n) is 14.2. The van der Waals surface area contributed by atoms with Crippen LogP contribution in [0.4, 0.5) is 34.1 Å². The quantitative estimate of drug-likeness (QED) is 0.204. The van der Waals surface area contributed by atoms with Crippen molar-refractivity contribution in [2.24, 2.45) is 0 Å². The number of hydrogen-bond acceptors (Lipinski definition) is 2. The van der Waals surface area contributed by atoms with Crippen LogP contribution in [0.1, 0.15) is 52.7 Å². The number of benzene rings is 5. The van der Waals surface area contributed by atoms with E-state index >= 15 is 0 Å². The van der Waals surface area contributed by atoms with Crippen LogP contribution in [0.15, 0.2) is 127 Å². The molecule has 5 rings (SSSR count). The summed E-state index contributed by atoms with van der Waals surface area (Å²) in [5, 5.41) is 0.681. The molecule has 0 unspecified atom stereocenters. The molecule has 0 heterocycles. The van der Waals surface area contributed by atoms with Gasteiger partial charge in [0, 0.05) is 22.7 Å². The molecule has 3 heteroatoms. The van der Waals surface area contributed by atoms with Crippen molar-refractivity contribution in [2.45, 2.75) is 52.4 Å². The van der Waals surface area contributed by atoms with Crippen molar-refractivity contribution < 1.29 is 0 Å². The van der Waals surface area contributed by atoms with Crippen LogP contribution in [0.3, 0.4) is 0 Å². The minimum atomic E-state index is 0.0706. The maximum absolute atomic E-state index is 7.42. The summed E-state index contributed by atoms with van der Waals surface area (Å²) in [5.41, 5.74) is 8.80. The van der Waals surface area contributed by atoms with Gasteiger partial charge in [-0.3, -0.25) is 0 Å². The van der Waals surface area contributed by atoms with Gasteiger partial charge in [0.05, 0.1) is 16.4 Å². The number of halogens is 1. The summed E-state index contributed by atoms with van der Waals surface area (Å²) < 4.78 is 0. The molecule has 208 valence electrons. The smallest absolute Gasteiger partial charge is 0.0887 e. The van der Waals surface area contributed by atoms with Crippen molar-refractivity contribution >= 4 is 45.7 Å². The van der Waals surface area contributed by atoms with Crippen LogP contribution in [0.5, 0.6) is 0 Å². The highest BCUT2D eigenvalue weighted by atomic mass is 35.5. The lowest BCUT2D eigenvalue weighted by Crippen LogP contribution is -2.16. The van der Waals surface area contributed by atoms with Crippen molar-refractivity contribution in [3.8, 4) is 0 Å². The second kappa shape index (κ2) is 11.5. The molecule has 0 radical (unpaired) electrons. The van der Waals surface area contributed by atoms with Crippen molar-refractivity contribution in [3.63, 3.8) is 0 Å². The van der Waals surface area contributed by atoms with E-state index in [0.29, 0.717) is 5.02 Å². The van der Waals surface area contributed by atoms with E-state index in [-0.39, 0.29) is 10.8 Å². The third-order valence-electron chi connectivity index (χ3n) is 7.45. The molecule has 5 aromatic carbocycles. The molecule has 0 amide bonds. The Kier molecular flexibility index (Phi) is 7.98. The lowest BCUT2D eigenvalue weighted by molar-refractivity contribution is 0.590. The van der Waals surface area contributed by atoms with Gasteiger partial charge < -0.3 is 9.80 Å². The van der Waals surface area contributed by atoms with Gasteiger partial charge in [-0.25, -0.2) is 0 Å². The summed E-state index contributed by atoms with van der Waals surface area (Å²) in [7, 11) is 0. The molecule has 0 saturated heterocycles. The standard InChI is InChI=1S/C38H39ClN2/c1-37(2,3)28-20-24-32(25-21-28)41(33-26-22-29(23-27-33)38(4,5)6)35-19-13-18-34(36(35)39)40(30-14-9-7-10-15-30)31-16-11-8-12-17-31/h7-27H,1-6H3. The Morgan fingerprint density at radius 2 is 0.707 bits per heavy atom. The molecule has 0 spiro atoms. The average molecular weight is 559 g/mol. The van der Waals surface area contributed by atoms with Crippen LogP contribution in [-0.4, -0.2) is 0 Å². The van der Waals surface area contributed by atoms with Crippen LogP contribution < -0.4 is 9.80 Å². The Morgan fingerprint density at radius 3 is 1.02 bits per heavy atom. The zero-order valence-electron chi connectivity index (χ0n) is 24.9. The predicted molar refractivity (Wildman–Crippen MR) is 178 cm³/mol. The summed E-state index contributed by atoms with van der Waals surface area (Å²) in [6.07, 6.45) is 0. The highest BCUT2D eigenvalue weighted by molar-refractivity contribution is 6.36. The Bertz CT molecular complexity index is 1480. The molecule has 0 saturated carbocycles. The van der Waals surface area contributed by atoms with Gasteiger partial charge in [0.1, 0.15) is 0 Å². The molecule has 0 N–H and O–H groups in total. The number of nitrogens with zero attached hydrogens (tertiary/aromatic N) is 2. The van der Waals surface area contributed by atoms with Crippen molar-refractivity contribution in [3.05, 3.63) is 144 Å². The molecule has 0 atom stereocenters. The largest absolute Gasteiger partial charge is 0.309 e. The van der Waals surface area contributed by atoms with E-state index in [1.165, 1.54) is 11.1 Å². The van der Waals surface area contributed by atoms with Crippen LogP contribution in [0.2, 0.25) is 5.02 Å². The molecule has 2 nitrogen and oxygen atoms in total. The first-order valence-corrected chi connectivity index (χ1v) is 14.6. The van der Waals surface area contributed by atoms with E-state index in [2.05, 4.69) is 167 Å². The fourth-order valence-electron chi connectivity index (χ4n) is 5.08. The first kappa shape index (κ1) is 28.5. The highest BCUT2D eigenvalue weighted by Gasteiger charge is 2.23. The summed E-state index contributed by atoms with van der Waals surface area (Å²) in [4.78, 5) is 4.48. The van der Waals surface area contributed by atoms with Crippen molar-refractivity contribution in [1.82, 2.24) is 0 Å². The van der Waals surface area contributed by atoms with Crippen LogP contribution in [0, 0.1) is 0 Å². The molecular weight excluding hydrogens is 520 g/mol. The summed E-state index contributed by atoms with van der Waals surface area (Å²) in [6.45, 7) is 13.5. The van der Waals surface area contributed by atoms with Crippen molar-refractivity contribution in [1.29, 1.82) is 0 Å². The first-order chi connectivity index (χ1) is 19.5. The lowest BCUT2D eigenvalue weighted by atomic mass is 9.86. The van der Waals surface area contributed by atoms with E-state index < -0.39 is 0 Å². The highest BCUT2D eigenvalue weighted by Crippen LogP contribution is 2.46. The summed E-state index contributed by atoms with van der Waals surface area (Å²) >= 11 is 7.42. The van der Waals surface area contributed by atoms with Gasteiger partial charge in [0.25, 0.3) is 0 Å². The minimum Gasteiger partial charge on any atom is -0.309 e. The van der Waals surface area contributed by atoms with E-state index in [1.54, 1.807) is 0 Å². The molecule has 0 aromatic heterocycles. The van der Waals surface area contributed by atoms with Crippen LogP contribution >= 0.6 is 11.6 Å². The predicted octanol–water partition coefficient (Wildman–Crippen LogP) is 11.9. The van der Waals surface area contributed by atoms with Gasteiger partial charge in [-0.2, -0.15) is 0 Å². The normalized spacial score (nSPS) is 11.8. The second-order valence-corrected chi connectivity index (χ2v) is 12.9. The SMILES string of the molecule is CC(C)(C)c1ccc(N(c2ccc(C(C)(C)C)cc2)c2cccc(N(c3ccccc3)c3ccccc3)c2Cl)cc1. The Balaban J connectivity index is 1.69. The second-order valence-electron chi connectivity index (χ2n) is 12.5. The molecule has 0 fully saturated rings. The van der Waals surface area contributed by atoms with Crippen LogP contribution in [0.25, 0.3) is 0 Å². The van der Waals surface area contributed by atoms with Gasteiger partial charge in [0.2, 0.25) is 0 Å². The van der Waals surface area contributed by atoms with Gasteiger partial charge in [-0.1, -0.05) is 120 Å². The Morgan fingerprint density at radius 1 is 0.390 bits per heavy atom. The van der Waals surface area contributed by atoms with Crippen LogP contribution in [-0.2, 0) is 10.8 Å². The fraction of sp³-hybridized carbons (Fsp3) is 0.211. The number of anilines is 6. The lowest BCUT2D eigenvalue weighted by Gasteiger charge is -2.31. The van der Waals surface area contributed by atoms with E-state index in [0.717, 1.165) is 34.1 Å². The molecule has 0 aliphatic heterocycles. The summed E-state index contributed by atoms with van der Waals surface area (Å²) in [5.74, 6) is 0. The zero-order valence-corrected chi connectivity index (χ0v) is 25.7. The van der Waals surface area contributed by atoms with Gasteiger partial charge in [-0.15, -0.1) is 0 Å². The van der Waals surface area contributed by atoms with Gasteiger partial charge in [0.15, 0.2) is 0 Å². The Hall–Kier alpha value is -4.01. The molecule has 41 heavy (non-hydrogen) atoms. The average Bonchev–Trinajstić information content (AvgIpc) is 2.96. The molecule has 0 aliphatic carbocycles. The minimum absolute atomic E-state index is 0.0706. The third kappa shape index (κ3) is 6.19. The zero-order chi connectivity index (χ0) is 29.2. The third-order valence-corrected chi connectivity index (χ3v) is 7.84. The molecule has 0 bridgehead atoms. The maximum Gasteiger partial charge on any atom is 0.0887 e. The monoisotopic (exact) mass is 558 g/mol. The van der Waals surface area contributed by atoms with E-state index in [9.17, 15) is 0 Å². The van der Waals surface area contributed by atoms with E-state index in [4.69, 9.17) is 11.6 Å². The van der Waals surface area contributed by atoms with Gasteiger partial charge in [-0.05, 0) is 82.6 Å². The van der Waals surface area contributed by atoms with Gasteiger partial charge >= 0.3 is 0 Å². The van der Waals surface area contributed by atoms with E-state index in [1.807, 2.05) is 12.1 Å². The Labute approximate surface area is 250 Å². The fourth-order valence-corrected chi connectivity index (χ4v) is 5.38. The molecule has 0 aliphatic rings. The topological polar surface area (TPSA) is 6.48 Å². The molecular formula is C38H39ClN2. The molecule has 5 aromatic rings.